The van der Waals surface area contributed by atoms with Crippen LogP contribution < -0.4 is 51.4 Å². The Kier molecular flexibility index (Phi) is 11.0. The quantitative estimate of drug-likeness (QED) is 0.469. The minimum absolute atomic E-state index is 0. The Balaban J connectivity index is 0. The van der Waals surface area contributed by atoms with Gasteiger partial charge < -0.3 is 14.9 Å². The molecule has 0 saturated carbocycles. The predicted molar refractivity (Wildman–Crippen MR) is 43.7 cm³/mol. The first-order chi connectivity index (χ1) is 5.20. The molecule has 3 nitrogen and oxygen atoms in total. The van der Waals surface area contributed by atoms with Crippen molar-refractivity contribution in [2.75, 3.05) is 6.54 Å². The summed E-state index contributed by atoms with van der Waals surface area (Å²) in [5.74, 6) is 0.0797. The molecule has 1 aliphatic rings. The average molecular weight is 195 g/mol. The van der Waals surface area contributed by atoms with E-state index in [0.717, 1.165) is 0 Å². The smallest absolute Gasteiger partial charge is 0.647 e. The number of ketones is 2. The first-order valence-corrected chi connectivity index (χ1v) is 3.89. The standard InChI is InChI=1S/C6H8NO2.C2H6.K/c1-4(8)6-2-5(9)3-7-6;1-2;/h6H,2-3H2,1H3;1-2H3;/q-1;;+1. The van der Waals surface area contributed by atoms with Gasteiger partial charge in [0.2, 0.25) is 0 Å². The molecule has 12 heavy (non-hydrogen) atoms. The van der Waals surface area contributed by atoms with Gasteiger partial charge in [0.1, 0.15) is 11.6 Å². The predicted octanol–water partition coefficient (Wildman–Crippen LogP) is -1.68. The van der Waals surface area contributed by atoms with Gasteiger partial charge in [0.25, 0.3) is 0 Å². The van der Waals surface area contributed by atoms with Gasteiger partial charge in [-0.3, -0.25) is 0 Å². The van der Waals surface area contributed by atoms with E-state index >= 15 is 0 Å². The zero-order valence-electron chi connectivity index (χ0n) is 8.26. The van der Waals surface area contributed by atoms with Gasteiger partial charge in [0, 0.05) is 0 Å². The van der Waals surface area contributed by atoms with Crippen LogP contribution in [0.25, 0.3) is 5.32 Å². The van der Waals surface area contributed by atoms with E-state index in [2.05, 4.69) is 5.32 Å². The molecular formula is C8H14KNO2. The van der Waals surface area contributed by atoms with E-state index in [9.17, 15) is 9.59 Å². The summed E-state index contributed by atoms with van der Waals surface area (Å²) in [4.78, 5) is 21.1. The molecule has 0 aromatic heterocycles. The Morgan fingerprint density at radius 3 is 2.17 bits per heavy atom. The van der Waals surface area contributed by atoms with Crippen LogP contribution in [0, 0.1) is 0 Å². The summed E-state index contributed by atoms with van der Waals surface area (Å²) >= 11 is 0. The van der Waals surface area contributed by atoms with Crippen molar-refractivity contribution in [1.82, 2.24) is 0 Å². The molecule has 1 atom stereocenters. The van der Waals surface area contributed by atoms with E-state index < -0.39 is 0 Å². The Morgan fingerprint density at radius 2 is 2.00 bits per heavy atom. The van der Waals surface area contributed by atoms with Crippen LogP contribution in [0.5, 0.6) is 0 Å². The maximum Gasteiger partial charge on any atom is 1.00 e. The van der Waals surface area contributed by atoms with E-state index in [1.807, 2.05) is 13.8 Å². The van der Waals surface area contributed by atoms with Crippen LogP contribution in [0.15, 0.2) is 0 Å². The molecule has 1 rings (SSSR count). The van der Waals surface area contributed by atoms with Crippen LogP contribution in [0.4, 0.5) is 0 Å². The van der Waals surface area contributed by atoms with Gasteiger partial charge in [0.15, 0.2) is 0 Å². The molecule has 4 heteroatoms. The minimum atomic E-state index is -0.322. The summed E-state index contributed by atoms with van der Waals surface area (Å²) in [7, 11) is 0. The number of hydrogen-bond donors (Lipinski definition) is 0. The molecule has 0 bridgehead atoms. The molecule has 1 unspecified atom stereocenters. The van der Waals surface area contributed by atoms with Gasteiger partial charge >= 0.3 is 51.4 Å². The van der Waals surface area contributed by atoms with E-state index in [4.69, 9.17) is 0 Å². The van der Waals surface area contributed by atoms with Gasteiger partial charge in [-0.2, -0.15) is 0 Å². The summed E-state index contributed by atoms with van der Waals surface area (Å²) in [6.07, 6.45) is 0.329. The molecule has 1 heterocycles. The number of carbonyl (C=O) groups excluding carboxylic acids is 2. The first kappa shape index (κ1) is 15.4. The van der Waals surface area contributed by atoms with Gasteiger partial charge in [0.05, 0.1) is 0 Å². The van der Waals surface area contributed by atoms with Crippen LogP contribution in [0.2, 0.25) is 0 Å². The van der Waals surface area contributed by atoms with Crippen molar-refractivity contribution in [2.45, 2.75) is 33.2 Å². The van der Waals surface area contributed by atoms with Crippen LogP contribution in [-0.4, -0.2) is 24.2 Å². The van der Waals surface area contributed by atoms with Crippen LogP contribution in [0.1, 0.15) is 27.2 Å². The summed E-state index contributed by atoms with van der Waals surface area (Å²) in [6, 6.07) is -0.322. The fourth-order valence-electron chi connectivity index (χ4n) is 0.829. The fraction of sp³-hybridized carbons (Fsp3) is 0.750. The summed E-state index contributed by atoms with van der Waals surface area (Å²) in [6.45, 7) is 5.71. The summed E-state index contributed by atoms with van der Waals surface area (Å²) < 4.78 is 0. The van der Waals surface area contributed by atoms with Crippen molar-refractivity contribution in [3.63, 3.8) is 0 Å². The molecule has 0 amide bonds. The van der Waals surface area contributed by atoms with Gasteiger partial charge in [-0.05, 0) is 13.3 Å². The Hall–Kier alpha value is 0.936. The molecule has 1 fully saturated rings. The SMILES string of the molecule is CC.CC(=O)C1CC(=O)C[N-]1.[K+]. The molecule has 0 aromatic rings. The maximum atomic E-state index is 10.5. The fourth-order valence-corrected chi connectivity index (χ4v) is 0.829. The second-order valence-electron chi connectivity index (χ2n) is 2.21. The molecule has 1 saturated heterocycles. The molecule has 0 radical (unpaired) electrons. The third-order valence-corrected chi connectivity index (χ3v) is 1.38. The van der Waals surface area contributed by atoms with Crippen LogP contribution >= 0.6 is 0 Å². The third-order valence-electron chi connectivity index (χ3n) is 1.38. The molecule has 0 aromatic carbocycles. The maximum absolute atomic E-state index is 10.5. The first-order valence-electron chi connectivity index (χ1n) is 3.89. The second kappa shape index (κ2) is 8.53. The van der Waals surface area contributed by atoms with Crippen molar-refractivity contribution >= 4 is 11.6 Å². The van der Waals surface area contributed by atoms with Crippen molar-refractivity contribution in [2.24, 2.45) is 0 Å². The van der Waals surface area contributed by atoms with Crippen LogP contribution in [-0.2, 0) is 9.59 Å². The van der Waals surface area contributed by atoms with E-state index in [1.54, 1.807) is 0 Å². The number of nitrogens with zero attached hydrogens (tertiary/aromatic N) is 1. The minimum Gasteiger partial charge on any atom is -0.647 e. The second-order valence-corrected chi connectivity index (χ2v) is 2.21. The Labute approximate surface area is 116 Å². The van der Waals surface area contributed by atoms with E-state index in [-0.39, 0.29) is 75.5 Å². The van der Waals surface area contributed by atoms with Gasteiger partial charge in [-0.15, -0.1) is 0 Å². The molecule has 0 N–H and O–H groups in total. The average Bonchev–Trinajstić information content (AvgIpc) is 2.40. The number of carbonyl (C=O) groups is 2. The van der Waals surface area contributed by atoms with Crippen molar-refractivity contribution < 1.29 is 61.0 Å². The number of rotatable bonds is 1. The normalized spacial score (nSPS) is 20.6. The zero-order valence-corrected chi connectivity index (χ0v) is 11.4. The largest absolute Gasteiger partial charge is 1.00 e. The molecule has 0 aliphatic carbocycles. The van der Waals surface area contributed by atoms with Gasteiger partial charge in [-0.1, -0.05) is 26.4 Å². The Morgan fingerprint density at radius 1 is 1.50 bits per heavy atom. The van der Waals surface area contributed by atoms with Gasteiger partial charge in [-0.25, -0.2) is 0 Å². The monoisotopic (exact) mass is 195 g/mol. The molecular weight excluding hydrogens is 181 g/mol. The zero-order chi connectivity index (χ0) is 8.85. The molecule has 1 aliphatic heterocycles. The van der Waals surface area contributed by atoms with Crippen molar-refractivity contribution in [3.8, 4) is 0 Å². The third kappa shape index (κ3) is 5.56. The summed E-state index contributed by atoms with van der Waals surface area (Å²) in [5.41, 5.74) is 0. The molecule has 0 spiro atoms. The number of Topliss-reactive ketones (excluding diaryl/α,β-unsaturated/α-hetero) is 2. The van der Waals surface area contributed by atoms with Crippen molar-refractivity contribution in [3.05, 3.63) is 5.32 Å². The Bertz CT molecular complexity index is 159. The molecule has 64 valence electrons. The summed E-state index contributed by atoms with van der Waals surface area (Å²) in [5, 5.41) is 3.82. The van der Waals surface area contributed by atoms with Crippen LogP contribution in [0.3, 0.4) is 0 Å². The van der Waals surface area contributed by atoms with Crippen molar-refractivity contribution in [1.29, 1.82) is 0 Å². The van der Waals surface area contributed by atoms with E-state index in [0.29, 0.717) is 6.42 Å². The number of hydrogen-bond acceptors (Lipinski definition) is 2. The topological polar surface area (TPSA) is 48.2 Å². The van der Waals surface area contributed by atoms with E-state index in [1.165, 1.54) is 6.92 Å².